The maximum Gasteiger partial charge on any atom is 0.0662 e. The van der Waals surface area contributed by atoms with E-state index in [1.807, 2.05) is 6.92 Å². The molecule has 0 heterocycles. The van der Waals surface area contributed by atoms with Gasteiger partial charge in [0.25, 0.3) is 0 Å². The van der Waals surface area contributed by atoms with E-state index in [1.54, 1.807) is 0 Å². The molecule has 4 N–H and O–H groups in total. The lowest BCUT2D eigenvalue weighted by Crippen LogP contribution is -2.38. The van der Waals surface area contributed by atoms with Crippen LogP contribution in [0.3, 0.4) is 0 Å². The van der Waals surface area contributed by atoms with Gasteiger partial charge in [-0.3, -0.25) is 0 Å². The minimum absolute atomic E-state index is 0.178. The van der Waals surface area contributed by atoms with E-state index in [2.05, 4.69) is 5.32 Å². The zero-order valence-electron chi connectivity index (χ0n) is 9.21. The summed E-state index contributed by atoms with van der Waals surface area (Å²) in [6.45, 7) is 3.59. The second-order valence-corrected chi connectivity index (χ2v) is 4.42. The fraction of sp³-hybridized carbons (Fsp3) is 1.00. The largest absolute Gasteiger partial charge is 0.392 e. The van der Waals surface area contributed by atoms with Crippen LogP contribution in [0.4, 0.5) is 0 Å². The Morgan fingerprint density at radius 3 is 2.50 bits per heavy atom. The summed E-state index contributed by atoms with van der Waals surface area (Å²) >= 11 is 0. The molecule has 84 valence electrons. The van der Waals surface area contributed by atoms with Crippen LogP contribution in [0.1, 0.15) is 39.0 Å². The number of hydrogen-bond donors (Lipinski definition) is 3. The van der Waals surface area contributed by atoms with Crippen LogP contribution < -0.4 is 11.1 Å². The Hall–Kier alpha value is -0.120. The van der Waals surface area contributed by atoms with Crippen molar-refractivity contribution in [3.63, 3.8) is 0 Å². The monoisotopic (exact) mass is 200 g/mol. The molecule has 1 unspecified atom stereocenters. The molecule has 3 heteroatoms. The topological polar surface area (TPSA) is 58.3 Å². The zero-order valence-corrected chi connectivity index (χ0v) is 9.21. The van der Waals surface area contributed by atoms with Gasteiger partial charge in [0.1, 0.15) is 0 Å². The molecular formula is C11H24N2O. The minimum atomic E-state index is -0.178. The molecule has 1 rings (SSSR count). The van der Waals surface area contributed by atoms with Gasteiger partial charge in [0.15, 0.2) is 0 Å². The molecule has 1 fully saturated rings. The van der Waals surface area contributed by atoms with Gasteiger partial charge in [-0.15, -0.1) is 0 Å². The molecule has 0 aromatic carbocycles. The van der Waals surface area contributed by atoms with Crippen molar-refractivity contribution in [2.24, 2.45) is 11.7 Å². The summed E-state index contributed by atoms with van der Waals surface area (Å²) in [5, 5.41) is 12.8. The molecule has 0 aromatic rings. The Kier molecular flexibility index (Phi) is 5.45. The average Bonchev–Trinajstić information content (AvgIpc) is 2.26. The normalized spacial score (nSPS) is 30.2. The van der Waals surface area contributed by atoms with Crippen molar-refractivity contribution in [2.75, 3.05) is 13.1 Å². The molecule has 0 aliphatic heterocycles. The van der Waals surface area contributed by atoms with Crippen LogP contribution in [-0.2, 0) is 0 Å². The quantitative estimate of drug-likeness (QED) is 0.617. The number of nitrogens with two attached hydrogens (primary N) is 1. The molecule has 1 aliphatic carbocycles. The summed E-state index contributed by atoms with van der Waals surface area (Å²) in [6, 6.07) is 0.610. The third-order valence-corrected chi connectivity index (χ3v) is 3.29. The molecule has 1 aliphatic rings. The predicted octanol–water partition coefficient (Wildman–Crippen LogP) is 0.864. The van der Waals surface area contributed by atoms with E-state index in [0.717, 1.165) is 25.4 Å². The van der Waals surface area contributed by atoms with E-state index in [1.165, 1.54) is 25.7 Å². The van der Waals surface area contributed by atoms with E-state index in [-0.39, 0.29) is 6.10 Å². The maximum atomic E-state index is 9.40. The highest BCUT2D eigenvalue weighted by Gasteiger charge is 2.19. The van der Waals surface area contributed by atoms with E-state index >= 15 is 0 Å². The Balaban J connectivity index is 2.10. The van der Waals surface area contributed by atoms with Crippen molar-refractivity contribution in [2.45, 2.75) is 51.2 Å². The smallest absolute Gasteiger partial charge is 0.0662 e. The predicted molar refractivity (Wildman–Crippen MR) is 59.1 cm³/mol. The van der Waals surface area contributed by atoms with Crippen LogP contribution in [0.15, 0.2) is 0 Å². The number of aliphatic hydroxyl groups is 1. The molecular weight excluding hydrogens is 176 g/mol. The molecule has 0 amide bonds. The highest BCUT2D eigenvalue weighted by atomic mass is 16.3. The number of rotatable bonds is 5. The Bertz CT molecular complexity index is 144. The highest BCUT2D eigenvalue weighted by Crippen LogP contribution is 2.23. The first kappa shape index (κ1) is 12.0. The summed E-state index contributed by atoms with van der Waals surface area (Å²) in [5.74, 6) is 0.740. The van der Waals surface area contributed by atoms with Gasteiger partial charge in [0.05, 0.1) is 6.10 Å². The first-order valence-electron chi connectivity index (χ1n) is 5.87. The van der Waals surface area contributed by atoms with Crippen LogP contribution in [0.25, 0.3) is 0 Å². The van der Waals surface area contributed by atoms with Crippen LogP contribution in [0, 0.1) is 5.92 Å². The first-order valence-corrected chi connectivity index (χ1v) is 5.87. The van der Waals surface area contributed by atoms with Crippen molar-refractivity contribution in [1.82, 2.24) is 5.32 Å². The minimum Gasteiger partial charge on any atom is -0.392 e. The van der Waals surface area contributed by atoms with E-state index in [0.29, 0.717) is 6.04 Å². The van der Waals surface area contributed by atoms with Crippen molar-refractivity contribution in [3.8, 4) is 0 Å². The van der Waals surface area contributed by atoms with Gasteiger partial charge in [-0.25, -0.2) is 0 Å². The first-order chi connectivity index (χ1) is 6.76. The fourth-order valence-corrected chi connectivity index (χ4v) is 2.05. The molecule has 1 saturated carbocycles. The summed E-state index contributed by atoms with van der Waals surface area (Å²) in [5.41, 5.74) is 5.63. The molecule has 0 spiro atoms. The van der Waals surface area contributed by atoms with E-state index < -0.39 is 0 Å². The molecule has 14 heavy (non-hydrogen) atoms. The SMILES string of the molecule is CCC(O)CN[C@H]1CC[C@H](CN)CC1. The van der Waals surface area contributed by atoms with Crippen molar-refractivity contribution >= 4 is 0 Å². The lowest BCUT2D eigenvalue weighted by atomic mass is 9.86. The standard InChI is InChI=1S/C11H24N2O/c1-2-11(14)8-13-10-5-3-9(7-12)4-6-10/h9-11,13-14H,2-8,12H2,1H3/t9-,10-,11?. The Morgan fingerprint density at radius 2 is 2.00 bits per heavy atom. The van der Waals surface area contributed by atoms with Gasteiger partial charge in [-0.05, 0) is 44.6 Å². The highest BCUT2D eigenvalue weighted by molar-refractivity contribution is 4.78. The van der Waals surface area contributed by atoms with Crippen LogP contribution in [0.2, 0.25) is 0 Å². The summed E-state index contributed by atoms with van der Waals surface area (Å²) < 4.78 is 0. The summed E-state index contributed by atoms with van der Waals surface area (Å²) in [6.07, 6.45) is 5.59. The fourth-order valence-electron chi connectivity index (χ4n) is 2.05. The van der Waals surface area contributed by atoms with Crippen LogP contribution >= 0.6 is 0 Å². The molecule has 1 atom stereocenters. The number of aliphatic hydroxyl groups excluding tert-OH is 1. The third kappa shape index (κ3) is 3.95. The second-order valence-electron chi connectivity index (χ2n) is 4.42. The van der Waals surface area contributed by atoms with Gasteiger partial charge in [0, 0.05) is 12.6 Å². The van der Waals surface area contributed by atoms with Crippen LogP contribution in [0.5, 0.6) is 0 Å². The van der Waals surface area contributed by atoms with Crippen LogP contribution in [-0.4, -0.2) is 30.3 Å². The Morgan fingerprint density at radius 1 is 1.36 bits per heavy atom. The number of nitrogens with one attached hydrogen (secondary N) is 1. The van der Waals surface area contributed by atoms with Gasteiger partial charge in [-0.1, -0.05) is 6.92 Å². The van der Waals surface area contributed by atoms with Gasteiger partial charge in [0.2, 0.25) is 0 Å². The molecule has 0 radical (unpaired) electrons. The zero-order chi connectivity index (χ0) is 10.4. The lowest BCUT2D eigenvalue weighted by molar-refractivity contribution is 0.156. The number of hydrogen-bond acceptors (Lipinski definition) is 3. The second kappa shape index (κ2) is 6.38. The molecule has 3 nitrogen and oxygen atoms in total. The van der Waals surface area contributed by atoms with Crippen molar-refractivity contribution in [3.05, 3.63) is 0 Å². The Labute approximate surface area is 87.1 Å². The van der Waals surface area contributed by atoms with E-state index in [9.17, 15) is 5.11 Å². The molecule has 0 aromatic heterocycles. The average molecular weight is 200 g/mol. The maximum absolute atomic E-state index is 9.40. The summed E-state index contributed by atoms with van der Waals surface area (Å²) in [7, 11) is 0. The molecule has 0 bridgehead atoms. The summed E-state index contributed by atoms with van der Waals surface area (Å²) in [4.78, 5) is 0. The van der Waals surface area contributed by atoms with Gasteiger partial charge < -0.3 is 16.2 Å². The molecule has 0 saturated heterocycles. The van der Waals surface area contributed by atoms with E-state index in [4.69, 9.17) is 5.73 Å². The van der Waals surface area contributed by atoms with Gasteiger partial charge >= 0.3 is 0 Å². The van der Waals surface area contributed by atoms with Gasteiger partial charge in [-0.2, -0.15) is 0 Å². The van der Waals surface area contributed by atoms with Crippen molar-refractivity contribution in [1.29, 1.82) is 0 Å². The third-order valence-electron chi connectivity index (χ3n) is 3.29. The lowest BCUT2D eigenvalue weighted by Gasteiger charge is -2.29. The van der Waals surface area contributed by atoms with Crippen molar-refractivity contribution < 1.29 is 5.11 Å².